The number of hydrogen-bond acceptors (Lipinski definition) is 4. The van der Waals surface area contributed by atoms with Gasteiger partial charge in [0.15, 0.2) is 5.58 Å². The van der Waals surface area contributed by atoms with Crippen molar-refractivity contribution >= 4 is 22.8 Å². The molecule has 0 amide bonds. The highest BCUT2D eigenvalue weighted by atomic mass is 16.4. The van der Waals surface area contributed by atoms with Gasteiger partial charge < -0.3 is 14.4 Å². The van der Waals surface area contributed by atoms with E-state index < -0.39 is 11.7 Å². The number of aliphatic carboxylic acids is 1. The largest absolute Gasteiger partial charge is 0.478 e. The summed E-state index contributed by atoms with van der Waals surface area (Å²) in [5.74, 6) is -1.47. The number of carbonyl (C=O) groups is 1. The Labute approximate surface area is 102 Å². The standard InChI is InChI=1S/C12H12N2O4/c1-14(6-2-3-11(15)16)8-4-5-9-10(7-8)18-12(17)13-9/h2-5,7H,6H2,1H3,(H,13,17)(H,15,16)/b3-2+. The first-order chi connectivity index (χ1) is 8.56. The molecule has 18 heavy (non-hydrogen) atoms. The van der Waals surface area contributed by atoms with Gasteiger partial charge >= 0.3 is 11.7 Å². The van der Waals surface area contributed by atoms with Gasteiger partial charge in [-0.15, -0.1) is 0 Å². The highest BCUT2D eigenvalue weighted by Gasteiger charge is 2.04. The molecule has 0 bridgehead atoms. The molecular weight excluding hydrogens is 236 g/mol. The molecule has 1 aromatic carbocycles. The lowest BCUT2D eigenvalue weighted by atomic mass is 10.2. The van der Waals surface area contributed by atoms with Gasteiger partial charge in [0.2, 0.25) is 0 Å². The number of oxazole rings is 1. The fraction of sp³-hybridized carbons (Fsp3) is 0.167. The Morgan fingerprint density at radius 3 is 3.06 bits per heavy atom. The van der Waals surface area contributed by atoms with E-state index in [2.05, 4.69) is 4.98 Å². The van der Waals surface area contributed by atoms with Gasteiger partial charge in [-0.3, -0.25) is 4.98 Å². The Balaban J connectivity index is 2.19. The molecule has 0 saturated carbocycles. The van der Waals surface area contributed by atoms with E-state index in [0.29, 0.717) is 17.6 Å². The molecule has 0 radical (unpaired) electrons. The smallest absolute Gasteiger partial charge is 0.417 e. The summed E-state index contributed by atoms with van der Waals surface area (Å²) in [6, 6.07) is 5.29. The molecule has 0 aliphatic rings. The molecular formula is C12H12N2O4. The predicted molar refractivity (Wildman–Crippen MR) is 66.9 cm³/mol. The Kier molecular flexibility index (Phi) is 3.18. The molecule has 94 valence electrons. The zero-order valence-electron chi connectivity index (χ0n) is 9.71. The molecule has 1 heterocycles. The van der Waals surface area contributed by atoms with Gasteiger partial charge in [0.25, 0.3) is 0 Å². The summed E-state index contributed by atoms with van der Waals surface area (Å²) in [6.45, 7) is 0.451. The lowest BCUT2D eigenvalue weighted by Gasteiger charge is -2.16. The minimum absolute atomic E-state index is 0.451. The van der Waals surface area contributed by atoms with Gasteiger partial charge in [-0.2, -0.15) is 0 Å². The molecule has 0 spiro atoms. The summed E-state index contributed by atoms with van der Waals surface area (Å²) in [5, 5.41) is 8.48. The summed E-state index contributed by atoms with van der Waals surface area (Å²) >= 11 is 0. The molecule has 0 unspecified atom stereocenters. The second kappa shape index (κ2) is 4.79. The second-order valence-electron chi connectivity index (χ2n) is 3.82. The van der Waals surface area contributed by atoms with Crippen molar-refractivity contribution in [1.82, 2.24) is 4.98 Å². The average Bonchev–Trinajstić information content (AvgIpc) is 2.67. The van der Waals surface area contributed by atoms with Crippen LogP contribution >= 0.6 is 0 Å². The molecule has 2 N–H and O–H groups in total. The Hall–Kier alpha value is -2.50. The number of rotatable bonds is 4. The lowest BCUT2D eigenvalue weighted by molar-refractivity contribution is -0.131. The molecule has 2 aromatic rings. The lowest BCUT2D eigenvalue weighted by Crippen LogP contribution is -2.16. The number of H-pyrrole nitrogens is 1. The van der Waals surface area contributed by atoms with E-state index >= 15 is 0 Å². The average molecular weight is 248 g/mol. The summed E-state index contributed by atoms with van der Waals surface area (Å²) in [5.41, 5.74) is 1.95. The fourth-order valence-corrected chi connectivity index (χ4v) is 1.59. The minimum atomic E-state index is -0.976. The van der Waals surface area contributed by atoms with E-state index in [1.54, 1.807) is 18.2 Å². The number of nitrogens with one attached hydrogen (secondary N) is 1. The number of fused-ring (bicyclic) bond motifs is 1. The quantitative estimate of drug-likeness (QED) is 0.794. The van der Waals surface area contributed by atoms with Crippen LogP contribution in [0, 0.1) is 0 Å². The van der Waals surface area contributed by atoms with Crippen LogP contribution in [0.5, 0.6) is 0 Å². The first kappa shape index (κ1) is 12.0. The summed E-state index contributed by atoms with van der Waals surface area (Å²) < 4.78 is 4.95. The predicted octanol–water partition coefficient (Wildman–Crippen LogP) is 1.20. The number of carboxylic acid groups (broad SMARTS) is 1. The van der Waals surface area contributed by atoms with Crippen molar-refractivity contribution in [2.75, 3.05) is 18.5 Å². The number of anilines is 1. The molecule has 0 atom stereocenters. The number of aromatic amines is 1. The third-order valence-electron chi connectivity index (χ3n) is 2.49. The maximum Gasteiger partial charge on any atom is 0.417 e. The molecule has 0 aliphatic heterocycles. The molecule has 6 nitrogen and oxygen atoms in total. The second-order valence-corrected chi connectivity index (χ2v) is 3.82. The van der Waals surface area contributed by atoms with Crippen molar-refractivity contribution in [3.63, 3.8) is 0 Å². The maximum absolute atomic E-state index is 11.0. The van der Waals surface area contributed by atoms with Gasteiger partial charge in [0, 0.05) is 31.4 Å². The van der Waals surface area contributed by atoms with Gasteiger partial charge in [-0.1, -0.05) is 6.08 Å². The highest BCUT2D eigenvalue weighted by molar-refractivity contribution is 5.80. The number of hydrogen-bond donors (Lipinski definition) is 2. The van der Waals surface area contributed by atoms with Crippen LogP contribution in [0.25, 0.3) is 11.1 Å². The van der Waals surface area contributed by atoms with Crippen molar-refractivity contribution in [2.45, 2.75) is 0 Å². The topological polar surface area (TPSA) is 86.5 Å². The molecule has 1 aromatic heterocycles. The minimum Gasteiger partial charge on any atom is -0.478 e. The van der Waals surface area contributed by atoms with Crippen LogP contribution in [0.3, 0.4) is 0 Å². The van der Waals surface area contributed by atoms with Crippen LogP contribution < -0.4 is 10.7 Å². The monoisotopic (exact) mass is 248 g/mol. The SMILES string of the molecule is CN(C/C=C/C(=O)O)c1ccc2[nH]c(=O)oc2c1. The Bertz CT molecular complexity index is 653. The van der Waals surface area contributed by atoms with E-state index in [1.165, 1.54) is 0 Å². The Morgan fingerprint density at radius 1 is 1.56 bits per heavy atom. The molecule has 2 rings (SSSR count). The van der Waals surface area contributed by atoms with Gasteiger partial charge in [-0.25, -0.2) is 9.59 Å². The van der Waals surface area contributed by atoms with Crippen LogP contribution in [0.1, 0.15) is 0 Å². The molecule has 6 heteroatoms. The zero-order chi connectivity index (χ0) is 13.1. The van der Waals surface area contributed by atoms with Gasteiger partial charge in [-0.05, 0) is 12.1 Å². The van der Waals surface area contributed by atoms with Gasteiger partial charge in [0.05, 0.1) is 5.52 Å². The number of benzene rings is 1. The number of likely N-dealkylation sites (N-methyl/N-ethyl adjacent to an activating group) is 1. The van der Waals surface area contributed by atoms with Crippen LogP contribution in [-0.4, -0.2) is 29.7 Å². The van der Waals surface area contributed by atoms with E-state index in [9.17, 15) is 9.59 Å². The normalized spacial score (nSPS) is 11.2. The maximum atomic E-state index is 11.0. The van der Waals surface area contributed by atoms with Crippen LogP contribution in [0.4, 0.5) is 5.69 Å². The van der Waals surface area contributed by atoms with Crippen molar-refractivity contribution < 1.29 is 14.3 Å². The first-order valence-corrected chi connectivity index (χ1v) is 5.30. The number of carboxylic acids is 1. The summed E-state index contributed by atoms with van der Waals surface area (Å²) in [6.07, 6.45) is 2.63. The van der Waals surface area contributed by atoms with E-state index in [4.69, 9.17) is 9.52 Å². The molecule has 0 saturated heterocycles. The van der Waals surface area contributed by atoms with E-state index in [0.717, 1.165) is 11.8 Å². The zero-order valence-corrected chi connectivity index (χ0v) is 9.71. The number of nitrogens with zero attached hydrogens (tertiary/aromatic N) is 1. The number of aromatic nitrogens is 1. The fourth-order valence-electron chi connectivity index (χ4n) is 1.59. The van der Waals surface area contributed by atoms with E-state index in [1.807, 2.05) is 18.0 Å². The van der Waals surface area contributed by atoms with Crippen LogP contribution in [-0.2, 0) is 4.79 Å². The van der Waals surface area contributed by atoms with Crippen LogP contribution in [0.15, 0.2) is 39.6 Å². The van der Waals surface area contributed by atoms with Crippen molar-refractivity contribution in [2.24, 2.45) is 0 Å². The third kappa shape index (κ3) is 2.60. The molecule has 0 fully saturated rings. The third-order valence-corrected chi connectivity index (χ3v) is 2.49. The van der Waals surface area contributed by atoms with Crippen molar-refractivity contribution in [3.05, 3.63) is 40.9 Å². The van der Waals surface area contributed by atoms with E-state index in [-0.39, 0.29) is 0 Å². The van der Waals surface area contributed by atoms with Gasteiger partial charge in [0.1, 0.15) is 0 Å². The van der Waals surface area contributed by atoms with Crippen molar-refractivity contribution in [1.29, 1.82) is 0 Å². The molecule has 0 aliphatic carbocycles. The van der Waals surface area contributed by atoms with Crippen molar-refractivity contribution in [3.8, 4) is 0 Å². The van der Waals surface area contributed by atoms with Crippen LogP contribution in [0.2, 0.25) is 0 Å². The highest BCUT2D eigenvalue weighted by Crippen LogP contribution is 2.19. The first-order valence-electron chi connectivity index (χ1n) is 5.30. The summed E-state index contributed by atoms with van der Waals surface area (Å²) in [4.78, 5) is 25.7. The summed E-state index contributed by atoms with van der Waals surface area (Å²) in [7, 11) is 1.82. The Morgan fingerprint density at radius 2 is 2.33 bits per heavy atom.